The molecule has 1 fully saturated rings. The second kappa shape index (κ2) is 8.81. The zero-order chi connectivity index (χ0) is 21.3. The van der Waals surface area contributed by atoms with Gasteiger partial charge in [-0.2, -0.15) is 0 Å². The summed E-state index contributed by atoms with van der Waals surface area (Å²) in [6.07, 6.45) is 7.02. The average molecular weight is 443 g/mol. The van der Waals surface area contributed by atoms with E-state index >= 15 is 0 Å². The maximum absolute atomic E-state index is 13.6. The van der Waals surface area contributed by atoms with Crippen LogP contribution in [0.2, 0.25) is 0 Å². The van der Waals surface area contributed by atoms with Crippen molar-refractivity contribution >= 4 is 21.8 Å². The van der Waals surface area contributed by atoms with Crippen molar-refractivity contribution in [1.29, 1.82) is 0 Å². The van der Waals surface area contributed by atoms with Crippen LogP contribution in [0.5, 0.6) is 0 Å². The molecular formula is C25H31FN2S2. The lowest BCUT2D eigenvalue weighted by Crippen LogP contribution is -2.37. The average Bonchev–Trinajstić information content (AvgIpc) is 3.06. The number of aryl methyl sites for hydroxylation is 1. The molecule has 0 aliphatic carbocycles. The summed E-state index contributed by atoms with van der Waals surface area (Å²) in [7, 11) is -0.413. The van der Waals surface area contributed by atoms with Crippen molar-refractivity contribution in [2.75, 3.05) is 43.4 Å². The third-order valence-electron chi connectivity index (χ3n) is 6.03. The predicted octanol–water partition coefficient (Wildman–Crippen LogP) is 6.19. The van der Waals surface area contributed by atoms with Crippen LogP contribution in [0.25, 0.3) is 16.9 Å². The fourth-order valence-corrected chi connectivity index (χ4v) is 6.29. The number of benzene rings is 2. The van der Waals surface area contributed by atoms with Crippen molar-refractivity contribution in [2.24, 2.45) is 0 Å². The second-order valence-corrected chi connectivity index (χ2v) is 13.9. The molecule has 0 bridgehead atoms. The second-order valence-electron chi connectivity index (χ2n) is 8.65. The van der Waals surface area contributed by atoms with Gasteiger partial charge in [-0.1, -0.05) is 12.1 Å². The number of rotatable bonds is 5. The largest absolute Gasteiger partial charge is 0.314 e. The molecule has 0 unspecified atom stereocenters. The minimum absolute atomic E-state index is 0.201. The number of aromatic nitrogens is 1. The van der Waals surface area contributed by atoms with Crippen molar-refractivity contribution < 1.29 is 4.39 Å². The first-order chi connectivity index (χ1) is 14.4. The highest BCUT2D eigenvalue weighted by molar-refractivity contribution is 8.32. The summed E-state index contributed by atoms with van der Waals surface area (Å²) in [5, 5.41) is 0. The fraction of sp³-hybridized carbons (Fsp3) is 0.360. The molecule has 0 spiro atoms. The van der Waals surface area contributed by atoms with Crippen molar-refractivity contribution in [3.63, 3.8) is 0 Å². The molecule has 0 radical (unpaired) electrons. The molecular weight excluding hydrogens is 411 g/mol. The molecule has 0 amide bonds. The molecule has 2 heterocycles. The van der Waals surface area contributed by atoms with Gasteiger partial charge >= 0.3 is 0 Å². The van der Waals surface area contributed by atoms with Gasteiger partial charge in [-0.3, -0.25) is 4.90 Å². The lowest BCUT2D eigenvalue weighted by molar-refractivity contribution is 0.293. The summed E-state index contributed by atoms with van der Waals surface area (Å²) in [5.41, 5.74) is 5.98. The Balaban J connectivity index is 1.75. The number of thioether (sulfide) groups is 1. The van der Waals surface area contributed by atoms with E-state index in [0.29, 0.717) is 0 Å². The highest BCUT2D eigenvalue weighted by Gasteiger charge is 2.24. The van der Waals surface area contributed by atoms with Crippen LogP contribution >= 0.6 is 21.8 Å². The highest BCUT2D eigenvalue weighted by Crippen LogP contribution is 2.42. The Morgan fingerprint density at radius 1 is 0.967 bits per heavy atom. The number of halogens is 1. The number of nitrogens with zero attached hydrogens (tertiary/aromatic N) is 2. The third-order valence-corrected chi connectivity index (χ3v) is 9.35. The topological polar surface area (TPSA) is 8.17 Å². The summed E-state index contributed by atoms with van der Waals surface area (Å²) in [6, 6.07) is 18.0. The molecule has 0 N–H and O–H groups in total. The Kier molecular flexibility index (Phi) is 6.33. The smallest absolute Gasteiger partial charge is 0.123 e. The van der Waals surface area contributed by atoms with E-state index in [1.54, 1.807) is 23.9 Å². The van der Waals surface area contributed by atoms with Crippen LogP contribution in [0, 0.1) is 12.7 Å². The van der Waals surface area contributed by atoms with Crippen LogP contribution in [-0.4, -0.2) is 52.8 Å². The lowest BCUT2D eigenvalue weighted by atomic mass is 10.1. The van der Waals surface area contributed by atoms with Crippen molar-refractivity contribution in [3.8, 4) is 16.9 Å². The molecule has 1 aromatic heterocycles. The van der Waals surface area contributed by atoms with Gasteiger partial charge in [0.2, 0.25) is 0 Å². The summed E-state index contributed by atoms with van der Waals surface area (Å²) < 4.78 is 15.9. The first-order valence-electron chi connectivity index (χ1n) is 10.4. The van der Waals surface area contributed by atoms with Gasteiger partial charge in [0.25, 0.3) is 0 Å². The van der Waals surface area contributed by atoms with Gasteiger partial charge in [0.15, 0.2) is 0 Å². The molecule has 4 rings (SSSR count). The minimum atomic E-state index is -0.413. The fourth-order valence-electron chi connectivity index (χ4n) is 4.18. The Hall–Kier alpha value is -1.69. The van der Waals surface area contributed by atoms with E-state index in [1.807, 2.05) is 12.1 Å². The van der Waals surface area contributed by atoms with Crippen molar-refractivity contribution in [2.45, 2.75) is 18.4 Å². The predicted molar refractivity (Wildman–Crippen MR) is 132 cm³/mol. The minimum Gasteiger partial charge on any atom is -0.314 e. The Bertz CT molecular complexity index is 997. The molecule has 2 aromatic carbocycles. The van der Waals surface area contributed by atoms with Crippen LogP contribution in [0.4, 0.5) is 4.39 Å². The summed E-state index contributed by atoms with van der Waals surface area (Å²) in [5.74, 6) is 2.44. The van der Waals surface area contributed by atoms with Crippen LogP contribution in [0.3, 0.4) is 0 Å². The summed E-state index contributed by atoms with van der Waals surface area (Å²) in [4.78, 5) is 3.86. The van der Waals surface area contributed by atoms with Gasteiger partial charge < -0.3 is 4.57 Å². The monoisotopic (exact) mass is 442 g/mol. The first-order valence-corrected chi connectivity index (χ1v) is 14.4. The molecule has 160 valence electrons. The molecule has 3 aromatic rings. The highest BCUT2D eigenvalue weighted by atomic mass is 32.3. The van der Waals surface area contributed by atoms with Gasteiger partial charge in [0.05, 0.1) is 5.69 Å². The number of hydrogen-bond donors (Lipinski definition) is 0. The van der Waals surface area contributed by atoms with Crippen molar-refractivity contribution in [3.05, 3.63) is 71.7 Å². The molecule has 1 aliphatic heterocycles. The van der Waals surface area contributed by atoms with E-state index < -0.39 is 10.0 Å². The zero-order valence-corrected chi connectivity index (χ0v) is 20.0. The van der Waals surface area contributed by atoms with E-state index in [1.165, 1.54) is 52.0 Å². The van der Waals surface area contributed by atoms with E-state index in [0.717, 1.165) is 12.2 Å². The van der Waals surface area contributed by atoms with Crippen LogP contribution in [-0.2, 0) is 6.54 Å². The van der Waals surface area contributed by atoms with Crippen LogP contribution < -0.4 is 0 Å². The Morgan fingerprint density at radius 3 is 2.20 bits per heavy atom. The third kappa shape index (κ3) is 4.63. The molecule has 5 heteroatoms. The van der Waals surface area contributed by atoms with Crippen LogP contribution in [0.15, 0.2) is 59.5 Å². The lowest BCUT2D eigenvalue weighted by Gasteiger charge is -2.41. The van der Waals surface area contributed by atoms with Gasteiger partial charge in [0, 0.05) is 35.9 Å². The maximum Gasteiger partial charge on any atom is 0.123 e. The molecule has 1 aliphatic rings. The molecule has 0 atom stereocenters. The summed E-state index contributed by atoms with van der Waals surface area (Å²) in [6.45, 7) is 5.46. The Labute approximate surface area is 185 Å². The molecule has 0 saturated carbocycles. The number of hydrogen-bond acceptors (Lipinski definition) is 2. The van der Waals surface area contributed by atoms with Gasteiger partial charge in [-0.05, 0) is 90.8 Å². The first kappa shape index (κ1) is 21.5. The SMILES string of the molecule is CSc1ccc(-c2c(CN3CCS(C)(C)CC3)cc(C)n2-c2ccc(F)cc2)cc1. The molecule has 2 nitrogen and oxygen atoms in total. The molecule has 1 saturated heterocycles. The summed E-state index contributed by atoms with van der Waals surface area (Å²) >= 11 is 1.76. The van der Waals surface area contributed by atoms with E-state index in [-0.39, 0.29) is 5.82 Å². The normalized spacial score (nSPS) is 17.8. The zero-order valence-electron chi connectivity index (χ0n) is 18.3. The van der Waals surface area contributed by atoms with Crippen LogP contribution in [0.1, 0.15) is 11.3 Å². The Morgan fingerprint density at radius 2 is 1.60 bits per heavy atom. The van der Waals surface area contributed by atoms with Gasteiger partial charge in [-0.25, -0.2) is 14.4 Å². The van der Waals surface area contributed by atoms with E-state index in [9.17, 15) is 4.39 Å². The van der Waals surface area contributed by atoms with E-state index in [4.69, 9.17) is 0 Å². The quantitative estimate of drug-likeness (QED) is 0.435. The maximum atomic E-state index is 13.6. The molecule has 30 heavy (non-hydrogen) atoms. The van der Waals surface area contributed by atoms with E-state index in [2.05, 4.69) is 65.5 Å². The standard InChI is InChI=1S/C25H31FN2S2/c1-19-17-21(18-27-13-15-30(3,4)16-14-27)25(20-5-11-24(29-2)12-6-20)28(19)23-9-7-22(26)8-10-23/h5-12,17H,13-16,18H2,1-4H3. The van der Waals surface area contributed by atoms with Gasteiger partial charge in [-0.15, -0.1) is 11.8 Å². The van der Waals surface area contributed by atoms with Gasteiger partial charge in [0.1, 0.15) is 5.82 Å². The van der Waals surface area contributed by atoms with Crippen molar-refractivity contribution in [1.82, 2.24) is 9.47 Å².